The standard InChI is InChI=1S/C18H20N4O4S/c1-3-15-10(2)8-16(27-15)18(24)21-20-17(23)11-4-7-13(19-12-5-6-12)14(9-11)22(25)26/h4,7-9,12,19H,3,5-6H2,1-2H3,(H,20,23)(H,21,24). The van der Waals surface area contributed by atoms with E-state index in [9.17, 15) is 19.7 Å². The maximum absolute atomic E-state index is 12.3. The van der Waals surface area contributed by atoms with Gasteiger partial charge in [-0.25, -0.2) is 0 Å². The number of benzene rings is 1. The van der Waals surface area contributed by atoms with Gasteiger partial charge in [-0.05, 0) is 49.9 Å². The van der Waals surface area contributed by atoms with Gasteiger partial charge in [0.1, 0.15) is 5.69 Å². The molecule has 1 aromatic heterocycles. The molecule has 0 radical (unpaired) electrons. The number of anilines is 1. The van der Waals surface area contributed by atoms with Gasteiger partial charge in [-0.2, -0.15) is 0 Å². The van der Waals surface area contributed by atoms with Crippen molar-refractivity contribution in [1.82, 2.24) is 10.9 Å². The third kappa shape index (κ3) is 4.43. The van der Waals surface area contributed by atoms with E-state index in [0.29, 0.717) is 10.6 Å². The number of amides is 2. The van der Waals surface area contributed by atoms with Crippen LogP contribution in [-0.4, -0.2) is 22.8 Å². The molecule has 0 saturated heterocycles. The van der Waals surface area contributed by atoms with Crippen molar-refractivity contribution < 1.29 is 14.5 Å². The van der Waals surface area contributed by atoms with Crippen molar-refractivity contribution in [3.8, 4) is 0 Å². The molecule has 0 aliphatic heterocycles. The smallest absolute Gasteiger partial charge is 0.293 e. The first kappa shape index (κ1) is 18.8. The monoisotopic (exact) mass is 388 g/mol. The average molecular weight is 388 g/mol. The van der Waals surface area contributed by atoms with E-state index in [4.69, 9.17) is 0 Å². The summed E-state index contributed by atoms with van der Waals surface area (Å²) in [5.41, 5.74) is 6.02. The minimum absolute atomic E-state index is 0.0972. The molecule has 1 aliphatic carbocycles. The van der Waals surface area contributed by atoms with Gasteiger partial charge >= 0.3 is 0 Å². The van der Waals surface area contributed by atoms with E-state index in [1.54, 1.807) is 6.07 Å². The van der Waals surface area contributed by atoms with Gasteiger partial charge in [0.05, 0.1) is 9.80 Å². The first-order valence-corrected chi connectivity index (χ1v) is 9.45. The van der Waals surface area contributed by atoms with Crippen LogP contribution in [0, 0.1) is 17.0 Å². The molecule has 1 saturated carbocycles. The maximum atomic E-state index is 12.3. The summed E-state index contributed by atoms with van der Waals surface area (Å²) in [5, 5.41) is 14.4. The number of aryl methyl sites for hydroxylation is 2. The van der Waals surface area contributed by atoms with Crippen molar-refractivity contribution in [3.05, 3.63) is 55.3 Å². The number of nitrogens with one attached hydrogen (secondary N) is 3. The van der Waals surface area contributed by atoms with Crippen LogP contribution in [0.25, 0.3) is 0 Å². The summed E-state index contributed by atoms with van der Waals surface area (Å²) < 4.78 is 0. The quantitative estimate of drug-likeness (QED) is 0.520. The molecule has 0 unspecified atom stereocenters. The fourth-order valence-corrected chi connectivity index (χ4v) is 3.63. The molecule has 3 rings (SSSR count). The number of thiophene rings is 1. The molecular formula is C18H20N4O4S. The van der Waals surface area contributed by atoms with E-state index >= 15 is 0 Å². The molecule has 142 valence electrons. The third-order valence-corrected chi connectivity index (χ3v) is 5.63. The van der Waals surface area contributed by atoms with E-state index in [1.165, 1.54) is 29.5 Å². The summed E-state index contributed by atoms with van der Waals surface area (Å²) in [6, 6.07) is 6.24. The Morgan fingerprint density at radius 2 is 1.93 bits per heavy atom. The van der Waals surface area contributed by atoms with Gasteiger partial charge in [-0.3, -0.25) is 30.6 Å². The number of carbonyl (C=O) groups excluding carboxylic acids is 2. The number of nitro benzene ring substituents is 1. The zero-order chi connectivity index (χ0) is 19.6. The summed E-state index contributed by atoms with van der Waals surface area (Å²) in [6.07, 6.45) is 2.79. The SMILES string of the molecule is CCc1sc(C(=O)NNC(=O)c2ccc(NC3CC3)c([N+](=O)[O-])c2)cc1C. The van der Waals surface area contributed by atoms with Gasteiger partial charge in [0.15, 0.2) is 0 Å². The average Bonchev–Trinajstić information content (AvgIpc) is 3.38. The van der Waals surface area contributed by atoms with E-state index in [1.807, 2.05) is 13.8 Å². The van der Waals surface area contributed by atoms with Crippen LogP contribution in [0.2, 0.25) is 0 Å². The minimum Gasteiger partial charge on any atom is -0.377 e. The van der Waals surface area contributed by atoms with Gasteiger partial charge < -0.3 is 5.32 Å². The molecule has 2 aromatic rings. The second-order valence-electron chi connectivity index (χ2n) is 6.39. The van der Waals surface area contributed by atoms with Crippen molar-refractivity contribution in [2.75, 3.05) is 5.32 Å². The molecule has 8 nitrogen and oxygen atoms in total. The van der Waals surface area contributed by atoms with Gasteiger partial charge in [0.25, 0.3) is 17.5 Å². The highest BCUT2D eigenvalue weighted by Gasteiger charge is 2.25. The first-order chi connectivity index (χ1) is 12.9. The molecule has 0 bridgehead atoms. The summed E-state index contributed by atoms with van der Waals surface area (Å²) in [6.45, 7) is 3.94. The zero-order valence-electron chi connectivity index (χ0n) is 15.0. The zero-order valence-corrected chi connectivity index (χ0v) is 15.8. The number of nitrogens with zero attached hydrogens (tertiary/aromatic N) is 1. The van der Waals surface area contributed by atoms with E-state index in [0.717, 1.165) is 29.7 Å². The highest BCUT2D eigenvalue weighted by Crippen LogP contribution is 2.31. The number of hydrazine groups is 1. The predicted molar refractivity (Wildman–Crippen MR) is 103 cm³/mol. The van der Waals surface area contributed by atoms with Crippen molar-refractivity contribution in [2.24, 2.45) is 0 Å². The van der Waals surface area contributed by atoms with Crippen molar-refractivity contribution in [1.29, 1.82) is 0 Å². The maximum Gasteiger partial charge on any atom is 0.293 e. The van der Waals surface area contributed by atoms with Gasteiger partial charge in [0.2, 0.25) is 0 Å². The lowest BCUT2D eigenvalue weighted by molar-refractivity contribution is -0.384. The van der Waals surface area contributed by atoms with Crippen LogP contribution < -0.4 is 16.2 Å². The highest BCUT2D eigenvalue weighted by molar-refractivity contribution is 7.14. The van der Waals surface area contributed by atoms with E-state index < -0.39 is 16.7 Å². The molecule has 27 heavy (non-hydrogen) atoms. The summed E-state index contributed by atoms with van der Waals surface area (Å²) in [7, 11) is 0. The van der Waals surface area contributed by atoms with Crippen LogP contribution in [-0.2, 0) is 6.42 Å². The highest BCUT2D eigenvalue weighted by atomic mass is 32.1. The molecule has 9 heteroatoms. The second-order valence-corrected chi connectivity index (χ2v) is 7.52. The molecule has 1 fully saturated rings. The fourth-order valence-electron chi connectivity index (χ4n) is 2.62. The second kappa shape index (κ2) is 7.75. The molecular weight excluding hydrogens is 368 g/mol. The minimum atomic E-state index is -0.617. The van der Waals surface area contributed by atoms with E-state index in [-0.39, 0.29) is 17.3 Å². The first-order valence-electron chi connectivity index (χ1n) is 8.64. The topological polar surface area (TPSA) is 113 Å². The van der Waals surface area contributed by atoms with Crippen LogP contribution in [0.4, 0.5) is 11.4 Å². The molecule has 3 N–H and O–H groups in total. The van der Waals surface area contributed by atoms with Gasteiger partial charge in [-0.15, -0.1) is 11.3 Å². The number of hydrogen-bond donors (Lipinski definition) is 3. The van der Waals surface area contributed by atoms with Crippen molar-refractivity contribution in [2.45, 2.75) is 39.2 Å². The summed E-state index contributed by atoms with van der Waals surface area (Å²) in [5.74, 6) is -1.04. The van der Waals surface area contributed by atoms with Crippen LogP contribution in [0.1, 0.15) is 50.2 Å². The molecule has 1 heterocycles. The molecule has 0 spiro atoms. The van der Waals surface area contributed by atoms with Crippen LogP contribution in [0.15, 0.2) is 24.3 Å². The molecule has 1 aliphatic rings. The predicted octanol–water partition coefficient (Wildman–Crippen LogP) is 3.18. The Kier molecular flexibility index (Phi) is 5.41. The van der Waals surface area contributed by atoms with E-state index in [2.05, 4.69) is 16.2 Å². The summed E-state index contributed by atoms with van der Waals surface area (Å²) in [4.78, 5) is 36.8. The molecule has 1 aromatic carbocycles. The largest absolute Gasteiger partial charge is 0.377 e. The Bertz CT molecular complexity index is 905. The lowest BCUT2D eigenvalue weighted by Crippen LogP contribution is -2.41. The summed E-state index contributed by atoms with van der Waals surface area (Å²) >= 11 is 1.37. The normalized spacial score (nSPS) is 13.1. The number of hydrogen-bond acceptors (Lipinski definition) is 6. The number of carbonyl (C=O) groups is 2. The van der Waals surface area contributed by atoms with Crippen molar-refractivity contribution in [3.63, 3.8) is 0 Å². The van der Waals surface area contributed by atoms with Crippen LogP contribution in [0.5, 0.6) is 0 Å². The Labute approximate surface area is 160 Å². The van der Waals surface area contributed by atoms with Gasteiger partial charge in [0, 0.05) is 22.5 Å². The van der Waals surface area contributed by atoms with Gasteiger partial charge in [-0.1, -0.05) is 6.92 Å². The van der Waals surface area contributed by atoms with Crippen LogP contribution in [0.3, 0.4) is 0 Å². The third-order valence-electron chi connectivity index (χ3n) is 4.25. The lowest BCUT2D eigenvalue weighted by atomic mass is 10.1. The Morgan fingerprint density at radius 1 is 1.22 bits per heavy atom. The Balaban J connectivity index is 1.67. The number of nitro groups is 1. The molecule has 2 amide bonds. The van der Waals surface area contributed by atoms with Crippen LogP contribution >= 0.6 is 11.3 Å². The Hall–Kier alpha value is -2.94. The Morgan fingerprint density at radius 3 is 2.52 bits per heavy atom. The fraction of sp³-hybridized carbons (Fsp3) is 0.333. The lowest BCUT2D eigenvalue weighted by Gasteiger charge is -2.09. The number of rotatable bonds is 6. The van der Waals surface area contributed by atoms with Crippen molar-refractivity contribution >= 4 is 34.5 Å². The molecule has 0 atom stereocenters.